The molecule has 5 N–H and O–H groups in total. The number of carbonyl (C=O) groups is 2. The van der Waals surface area contributed by atoms with Crippen LogP contribution in [0.25, 0.3) is 67.3 Å². The Morgan fingerprint density at radius 3 is 1.35 bits per heavy atom. The van der Waals surface area contributed by atoms with E-state index in [9.17, 15) is 58.2 Å². The van der Waals surface area contributed by atoms with Crippen LogP contribution in [-0.2, 0) is 39.5 Å². The summed E-state index contributed by atoms with van der Waals surface area (Å²) in [5.74, 6) is -5.53. The van der Waals surface area contributed by atoms with Gasteiger partial charge >= 0.3 is 11.9 Å². The molecule has 11 aromatic rings. The standard InChI is InChI=1S/C25H23ClFN5O4S.C19H14ClFN4O4S2.C18H17ClFN5O2/c1-14-6-8-16(9-7-14)37(35,36)32-13-19(18-10-15(26)11-29-24(18)32)22-28-12-20(27)23(31-22)30-21-5-3-2-4-17(21)25(33)34;1-11-3-5-13(6-4-11)31(28,29)25-10-15(14-7-12(20)8-23-18(14)25)17-22-9-16(21)19(24-17)30(2,26)27;19-9-5-11-12(7-22-15(11)21-6-9)16-23-8-13(20)17(25-16)24-14-4-2-1-3-10(14)18(26)27/h6-13,17,21H,2-5H2,1H3,(H,33,34)(H,28,30,31);3-10H,1-2H3;5-8,10,14H,1-4H2,(H,21,22)(H,26,27)(H,23,24,25)/t17-,21-;;10-,14-/m0.0/s1. The van der Waals surface area contributed by atoms with Gasteiger partial charge in [0.1, 0.15) is 5.65 Å². The van der Waals surface area contributed by atoms with E-state index in [1.54, 1.807) is 42.6 Å². The van der Waals surface area contributed by atoms with Gasteiger partial charge in [-0.25, -0.2) is 91.2 Å². The topological polar surface area (TPSA) is 343 Å². The minimum atomic E-state index is -4.07. The zero-order valence-corrected chi connectivity index (χ0v) is 54.8. The van der Waals surface area contributed by atoms with E-state index in [1.807, 2.05) is 13.8 Å². The van der Waals surface area contributed by atoms with Crippen LogP contribution in [0.5, 0.6) is 0 Å². The Morgan fingerprint density at radius 1 is 0.526 bits per heavy atom. The van der Waals surface area contributed by atoms with Gasteiger partial charge < -0.3 is 25.8 Å². The number of H-pyrrole nitrogens is 1. The summed E-state index contributed by atoms with van der Waals surface area (Å²) in [7, 11) is -12.1. The van der Waals surface area contributed by atoms with E-state index in [1.165, 1.54) is 61.3 Å². The third-order valence-electron chi connectivity index (χ3n) is 15.9. The van der Waals surface area contributed by atoms with Gasteiger partial charge in [-0.05, 0) is 82.0 Å². The van der Waals surface area contributed by atoms with Crippen LogP contribution in [-0.4, -0.2) is 124 Å². The number of aromatic nitrogens is 12. The Balaban J connectivity index is 0.000000147. The molecule has 9 heterocycles. The van der Waals surface area contributed by atoms with E-state index in [2.05, 4.69) is 60.5 Å². The fourth-order valence-corrected chi connectivity index (χ4v) is 14.9. The summed E-state index contributed by atoms with van der Waals surface area (Å²) in [6.07, 6.45) is 17.6. The molecule has 4 atom stereocenters. The van der Waals surface area contributed by atoms with Crippen LogP contribution in [0, 0.1) is 43.1 Å². The number of nitrogens with one attached hydrogen (secondary N) is 3. The van der Waals surface area contributed by atoms with E-state index < -0.39 is 82.2 Å². The van der Waals surface area contributed by atoms with Gasteiger partial charge in [0.05, 0.1) is 55.3 Å². The van der Waals surface area contributed by atoms with Crippen molar-refractivity contribution in [3.63, 3.8) is 0 Å². The Hall–Kier alpha value is -9.20. The van der Waals surface area contributed by atoms with Crippen molar-refractivity contribution in [2.45, 2.75) is 92.1 Å². The molecule has 0 saturated heterocycles. The van der Waals surface area contributed by atoms with Crippen molar-refractivity contribution >= 4 is 121 Å². The van der Waals surface area contributed by atoms with Gasteiger partial charge in [0.2, 0.25) is 0 Å². The summed E-state index contributed by atoms with van der Waals surface area (Å²) in [6, 6.07) is 16.5. The number of aromatic amines is 1. The average molecular weight is 1410 g/mol. The quantitative estimate of drug-likeness (QED) is 0.0631. The van der Waals surface area contributed by atoms with Crippen LogP contribution in [0.2, 0.25) is 15.1 Å². The highest BCUT2D eigenvalue weighted by Crippen LogP contribution is 2.37. The summed E-state index contributed by atoms with van der Waals surface area (Å²) in [5, 5.41) is 26.4. The van der Waals surface area contributed by atoms with Crippen molar-refractivity contribution in [3.05, 3.63) is 166 Å². The average Bonchev–Trinajstić information content (AvgIpc) is 1.62. The number of hydrogen-bond donors (Lipinski definition) is 5. The third-order valence-corrected chi connectivity index (χ3v) is 20.8. The fourth-order valence-electron chi connectivity index (χ4n) is 11.1. The number of nitrogens with zero attached hydrogens (tertiary/aromatic N) is 11. The lowest BCUT2D eigenvalue weighted by atomic mass is 9.84. The van der Waals surface area contributed by atoms with Gasteiger partial charge in [-0.3, -0.25) is 9.59 Å². The number of fused-ring (bicyclic) bond motifs is 3. The molecule has 13 rings (SSSR count). The maximum Gasteiger partial charge on any atom is 0.308 e. The van der Waals surface area contributed by atoms with Crippen molar-refractivity contribution in [3.8, 4) is 34.2 Å². The molecule has 33 heteroatoms. The summed E-state index contributed by atoms with van der Waals surface area (Å²) in [6.45, 7) is 3.68. The molecule has 0 radical (unpaired) electrons. The van der Waals surface area contributed by atoms with Gasteiger partial charge in [-0.1, -0.05) is 95.9 Å². The number of halogens is 6. The SMILES string of the molecule is Cc1ccc(S(=O)(=O)n2cc(-c3ncc(F)c(N[C@H]4CCCC[C@@H]4C(=O)O)n3)c3cc(Cl)cnc32)cc1.Cc1ccc(S(=O)(=O)n2cc(-c3ncc(F)c(S(C)(=O)=O)n3)c3cc(Cl)cnc32)cc1.O=C(O)[C@H]1CCCC[C@@H]1Nc1nc(-c2c[nH]c3ncc(Cl)cc23)ncc1F. The molecular formula is C62H54Cl3F3N14O10S3. The van der Waals surface area contributed by atoms with Crippen LogP contribution in [0.15, 0.2) is 137 Å². The second-order valence-electron chi connectivity index (χ2n) is 22.5. The molecule has 9 aromatic heterocycles. The van der Waals surface area contributed by atoms with Gasteiger partial charge in [-0.2, -0.15) is 0 Å². The van der Waals surface area contributed by atoms with E-state index in [4.69, 9.17) is 34.8 Å². The Kier molecular flexibility index (Phi) is 19.3. The molecule has 24 nitrogen and oxygen atoms in total. The van der Waals surface area contributed by atoms with Crippen molar-refractivity contribution in [2.24, 2.45) is 11.8 Å². The fraction of sp³-hybridized carbons (Fsp3) is 0.242. The van der Waals surface area contributed by atoms with E-state index in [0.29, 0.717) is 59.3 Å². The highest BCUT2D eigenvalue weighted by atomic mass is 35.5. The van der Waals surface area contributed by atoms with E-state index >= 15 is 0 Å². The van der Waals surface area contributed by atoms with Crippen LogP contribution in [0.3, 0.4) is 0 Å². The predicted octanol–water partition coefficient (Wildman–Crippen LogP) is 12.0. The summed E-state index contributed by atoms with van der Waals surface area (Å²) < 4.78 is 122. The molecule has 492 valence electrons. The number of sulfone groups is 1. The molecule has 0 amide bonds. The minimum Gasteiger partial charge on any atom is -0.481 e. The Bertz CT molecular complexity index is 5170. The molecule has 2 fully saturated rings. The number of anilines is 2. The summed E-state index contributed by atoms with van der Waals surface area (Å²) >= 11 is 18.2. The largest absolute Gasteiger partial charge is 0.481 e. The van der Waals surface area contributed by atoms with Crippen molar-refractivity contribution in [1.29, 1.82) is 0 Å². The molecule has 2 saturated carbocycles. The molecule has 95 heavy (non-hydrogen) atoms. The van der Waals surface area contributed by atoms with Gasteiger partial charge in [0, 0.05) is 88.4 Å². The first kappa shape index (κ1) is 67.2. The third kappa shape index (κ3) is 14.3. The lowest BCUT2D eigenvalue weighted by Gasteiger charge is -2.29. The highest BCUT2D eigenvalue weighted by Gasteiger charge is 2.34. The predicted molar refractivity (Wildman–Crippen MR) is 348 cm³/mol. The van der Waals surface area contributed by atoms with Crippen molar-refractivity contribution < 1.29 is 58.2 Å². The first-order chi connectivity index (χ1) is 45.2. The molecule has 0 bridgehead atoms. The van der Waals surface area contributed by atoms with Crippen molar-refractivity contribution in [1.82, 2.24) is 57.8 Å². The first-order valence-electron chi connectivity index (χ1n) is 29.0. The minimum absolute atomic E-state index is 0.00230. The molecule has 0 spiro atoms. The molecule has 2 aromatic carbocycles. The Morgan fingerprint density at radius 2 is 0.916 bits per heavy atom. The number of carboxylic acid groups (broad SMARTS) is 2. The van der Waals surface area contributed by atoms with E-state index in [-0.39, 0.29) is 77.0 Å². The number of aryl methyl sites for hydroxylation is 2. The van der Waals surface area contributed by atoms with Gasteiger partial charge in [0.25, 0.3) is 20.0 Å². The zero-order chi connectivity index (χ0) is 67.8. The number of aliphatic carboxylic acids is 2. The number of benzene rings is 2. The summed E-state index contributed by atoms with van der Waals surface area (Å²) in [5.41, 5.74) is 3.61. The first-order valence-corrected chi connectivity index (χ1v) is 34.9. The van der Waals surface area contributed by atoms with Crippen LogP contribution < -0.4 is 10.6 Å². The number of hydrogen-bond acceptors (Lipinski definition) is 19. The number of carboxylic acids is 2. The maximum absolute atomic E-state index is 14.7. The van der Waals surface area contributed by atoms with Crippen molar-refractivity contribution in [2.75, 3.05) is 16.9 Å². The lowest BCUT2D eigenvalue weighted by Crippen LogP contribution is -2.37. The second-order valence-corrected chi connectivity index (χ2v) is 29.3. The molecule has 0 unspecified atom stereocenters. The van der Waals surface area contributed by atoms with Crippen LogP contribution in [0.4, 0.5) is 24.8 Å². The molecule has 2 aliphatic carbocycles. The molecule has 2 aliphatic rings. The van der Waals surface area contributed by atoms with Gasteiger partial charge in [0.15, 0.2) is 72.7 Å². The molecular weight excluding hydrogens is 1360 g/mol. The van der Waals surface area contributed by atoms with E-state index in [0.717, 1.165) is 68.8 Å². The highest BCUT2D eigenvalue weighted by molar-refractivity contribution is 7.91. The monoisotopic (exact) mass is 1410 g/mol. The Labute approximate surface area is 555 Å². The zero-order valence-electron chi connectivity index (χ0n) is 50.1. The molecule has 0 aliphatic heterocycles. The summed E-state index contributed by atoms with van der Waals surface area (Å²) in [4.78, 5) is 63.3. The second kappa shape index (κ2) is 27.3. The number of rotatable bonds is 14. The lowest BCUT2D eigenvalue weighted by molar-refractivity contribution is -0.144. The number of pyridine rings is 3. The maximum atomic E-state index is 14.7. The van der Waals surface area contributed by atoms with Gasteiger partial charge in [-0.15, -0.1) is 0 Å². The van der Waals surface area contributed by atoms with Crippen LogP contribution >= 0.6 is 34.8 Å². The smallest absolute Gasteiger partial charge is 0.308 e. The van der Waals surface area contributed by atoms with Crippen LogP contribution in [0.1, 0.15) is 62.5 Å². The normalized spacial score (nSPS) is 16.8.